The van der Waals surface area contributed by atoms with E-state index in [0.717, 1.165) is 103 Å². The summed E-state index contributed by atoms with van der Waals surface area (Å²) >= 11 is 6.34. The van der Waals surface area contributed by atoms with Crippen molar-refractivity contribution in [2.75, 3.05) is 101 Å². The Bertz CT molecular complexity index is 2780. The van der Waals surface area contributed by atoms with Crippen LogP contribution in [0, 0.1) is 12.8 Å². The fourth-order valence-electron chi connectivity index (χ4n) is 11.5. The Balaban J connectivity index is 0.631. The molecule has 4 aromatic carbocycles. The molecule has 2 N–H and O–H groups in total. The largest absolute Gasteiger partial charge is 0.491 e. The summed E-state index contributed by atoms with van der Waals surface area (Å²) in [5, 5.41) is 6.02. The Kier molecular flexibility index (Phi) is 18.3. The van der Waals surface area contributed by atoms with E-state index in [4.69, 9.17) is 30.5 Å². The lowest BCUT2D eigenvalue weighted by Crippen LogP contribution is -2.54. The van der Waals surface area contributed by atoms with E-state index in [0.29, 0.717) is 81.7 Å². The maximum absolute atomic E-state index is 14.0. The molecule has 18 heteroatoms. The summed E-state index contributed by atoms with van der Waals surface area (Å²) in [6.45, 7) is 12.8. The average molecular weight is 1070 g/mol. The Morgan fingerprint density at radius 3 is 2.17 bits per heavy atom. The highest BCUT2D eigenvalue weighted by Gasteiger charge is 2.46. The molecule has 4 aliphatic heterocycles. The molecule has 410 valence electrons. The van der Waals surface area contributed by atoms with Gasteiger partial charge in [0.05, 0.1) is 75.8 Å². The lowest BCUT2D eigenvalue weighted by Gasteiger charge is -2.42. The van der Waals surface area contributed by atoms with Crippen LogP contribution in [0.1, 0.15) is 108 Å². The van der Waals surface area contributed by atoms with Gasteiger partial charge in [-0.2, -0.15) is 0 Å². The number of anilines is 3. The number of rotatable bonds is 22. The van der Waals surface area contributed by atoms with Crippen molar-refractivity contribution in [1.82, 2.24) is 20.0 Å². The van der Waals surface area contributed by atoms with Gasteiger partial charge < -0.3 is 39.0 Å². The Hall–Kier alpha value is -6.37. The zero-order chi connectivity index (χ0) is 54.2. The SMILES string of the molecule is Cc1cc2c(cc1OC(C)C)[C@H](c1ccc(Cl)cc1)N(c1ccc(N(C)CC3CCC(N4CCN(C(=O)CCOCCOCCOCCNc5cccc6c5C(=O)N(C5CCC(=O)NC5=O)C6=O)CC4)CC3)cc1)C(=O)C2. The zero-order valence-electron chi connectivity index (χ0n) is 44.7. The van der Waals surface area contributed by atoms with Gasteiger partial charge in [-0.25, -0.2) is 0 Å². The van der Waals surface area contributed by atoms with Gasteiger partial charge in [0.2, 0.25) is 23.6 Å². The molecule has 5 aliphatic rings. The van der Waals surface area contributed by atoms with Crippen molar-refractivity contribution in [1.29, 1.82) is 0 Å². The number of hydrogen-bond donors (Lipinski definition) is 2. The summed E-state index contributed by atoms with van der Waals surface area (Å²) in [6, 6.07) is 24.5. The summed E-state index contributed by atoms with van der Waals surface area (Å²) < 4.78 is 23.2. The fourth-order valence-corrected chi connectivity index (χ4v) is 11.6. The number of hydrogen-bond acceptors (Lipinski definition) is 13. The number of piperazine rings is 1. The third-order valence-corrected chi connectivity index (χ3v) is 15.7. The van der Waals surface area contributed by atoms with Crippen LogP contribution in [-0.4, -0.2) is 154 Å². The van der Waals surface area contributed by atoms with Crippen molar-refractivity contribution < 1.29 is 47.7 Å². The molecular weight excluding hydrogens is 1000 g/mol. The van der Waals surface area contributed by atoms with Crippen molar-refractivity contribution in [3.05, 3.63) is 117 Å². The number of halogens is 1. The van der Waals surface area contributed by atoms with Gasteiger partial charge in [0.1, 0.15) is 11.8 Å². The molecule has 0 bridgehead atoms. The molecular formula is C59H72ClN7O10. The second-order valence-corrected chi connectivity index (χ2v) is 21.5. The van der Waals surface area contributed by atoms with E-state index in [-0.39, 0.29) is 47.9 Å². The monoisotopic (exact) mass is 1070 g/mol. The first kappa shape index (κ1) is 55.4. The Labute approximate surface area is 456 Å². The van der Waals surface area contributed by atoms with Crippen molar-refractivity contribution in [3.8, 4) is 5.75 Å². The number of carbonyl (C=O) groups is 6. The molecule has 3 fully saturated rings. The standard InChI is InChI=1S/C59H72ClN7O10/c1-38(2)77-51-36-48-42(34-39(51)3)35-54(70)66(56(48)41-10-12-43(60)13-11-41)46-18-16-44(17-19-46)63(4)37-40-8-14-45(15-9-40)64-24-26-65(27-25-64)53(69)22-28-74-30-32-76-33-31-75-29-23-61-49-7-5-6-47-55(49)59(73)67(58(47)72)50-20-21-52(68)62-57(50)71/h5-7,10-13,16-19,34,36,38,40,45,50,56,61H,8-9,14-15,20-33,35,37H2,1-4H3,(H,62,68,71)/t40?,45?,50?,56-/m0/s1. The number of piperidine rings is 1. The Morgan fingerprint density at radius 2 is 1.48 bits per heavy atom. The number of carbonyl (C=O) groups excluding carboxylic acids is 6. The van der Waals surface area contributed by atoms with E-state index >= 15 is 0 Å². The van der Waals surface area contributed by atoms with Gasteiger partial charge in [-0.3, -0.25) is 43.9 Å². The molecule has 4 heterocycles. The maximum atomic E-state index is 14.0. The fraction of sp³-hybridized carbons (Fsp3) is 0.492. The van der Waals surface area contributed by atoms with Gasteiger partial charge in [-0.05, 0) is 136 Å². The number of amides is 6. The smallest absolute Gasteiger partial charge is 0.264 e. The third kappa shape index (κ3) is 13.1. The molecule has 1 aliphatic carbocycles. The number of imide groups is 2. The van der Waals surface area contributed by atoms with Gasteiger partial charge in [-0.15, -0.1) is 0 Å². The van der Waals surface area contributed by atoms with Crippen LogP contribution in [0.25, 0.3) is 0 Å². The van der Waals surface area contributed by atoms with Gasteiger partial charge in [-0.1, -0.05) is 35.9 Å². The summed E-state index contributed by atoms with van der Waals surface area (Å²) in [7, 11) is 2.16. The first-order valence-electron chi connectivity index (χ1n) is 27.3. The van der Waals surface area contributed by atoms with Crippen molar-refractivity contribution in [2.45, 2.75) is 96.4 Å². The molecule has 0 radical (unpaired) electrons. The quantitative estimate of drug-likeness (QED) is 0.0597. The summed E-state index contributed by atoms with van der Waals surface area (Å²) in [5.74, 6) is -0.600. The highest BCUT2D eigenvalue weighted by molar-refractivity contribution is 6.30. The van der Waals surface area contributed by atoms with Crippen molar-refractivity contribution in [3.63, 3.8) is 0 Å². The van der Waals surface area contributed by atoms with Crippen LogP contribution < -0.4 is 25.2 Å². The van der Waals surface area contributed by atoms with Crippen LogP contribution in [0.4, 0.5) is 17.1 Å². The first-order chi connectivity index (χ1) is 37.2. The van der Waals surface area contributed by atoms with Crippen molar-refractivity contribution >= 4 is 64.1 Å². The van der Waals surface area contributed by atoms with Gasteiger partial charge in [0, 0.05) is 80.9 Å². The highest BCUT2D eigenvalue weighted by Crippen LogP contribution is 2.43. The van der Waals surface area contributed by atoms with E-state index in [9.17, 15) is 28.8 Å². The maximum Gasteiger partial charge on any atom is 0.264 e. The van der Waals surface area contributed by atoms with E-state index in [1.54, 1.807) is 18.2 Å². The summed E-state index contributed by atoms with van der Waals surface area (Å²) in [5.41, 5.74) is 6.96. The minimum Gasteiger partial charge on any atom is -0.491 e. The predicted octanol–water partition coefficient (Wildman–Crippen LogP) is 7.21. The van der Waals surface area contributed by atoms with Gasteiger partial charge >= 0.3 is 0 Å². The lowest BCUT2D eigenvalue weighted by molar-refractivity contribution is -0.136. The van der Waals surface area contributed by atoms with E-state index in [1.165, 1.54) is 0 Å². The highest BCUT2D eigenvalue weighted by atomic mass is 35.5. The third-order valence-electron chi connectivity index (χ3n) is 15.5. The molecule has 9 rings (SSSR count). The lowest BCUT2D eigenvalue weighted by atomic mass is 9.84. The van der Waals surface area contributed by atoms with Gasteiger partial charge in [0.15, 0.2) is 0 Å². The van der Waals surface area contributed by atoms with Crippen LogP contribution in [0.2, 0.25) is 5.02 Å². The van der Waals surface area contributed by atoms with Crippen LogP contribution in [0.15, 0.2) is 78.9 Å². The molecule has 0 spiro atoms. The van der Waals surface area contributed by atoms with Crippen LogP contribution in [0.5, 0.6) is 5.75 Å². The number of nitrogens with zero attached hydrogens (tertiary/aromatic N) is 5. The number of fused-ring (bicyclic) bond motifs is 2. The second-order valence-electron chi connectivity index (χ2n) is 21.1. The molecule has 4 aromatic rings. The number of aryl methyl sites for hydroxylation is 1. The molecule has 2 saturated heterocycles. The van der Waals surface area contributed by atoms with E-state index < -0.39 is 29.7 Å². The average Bonchev–Trinajstić information content (AvgIpc) is 3.71. The molecule has 17 nitrogen and oxygen atoms in total. The Morgan fingerprint density at radius 1 is 0.792 bits per heavy atom. The first-order valence-corrected chi connectivity index (χ1v) is 27.6. The van der Waals surface area contributed by atoms with Crippen molar-refractivity contribution in [2.24, 2.45) is 5.92 Å². The summed E-state index contributed by atoms with van der Waals surface area (Å²) in [4.78, 5) is 87.2. The molecule has 77 heavy (non-hydrogen) atoms. The number of ether oxygens (including phenoxy) is 4. The summed E-state index contributed by atoms with van der Waals surface area (Å²) in [6.07, 6.45) is 5.45. The van der Waals surface area contributed by atoms with E-state index in [2.05, 4.69) is 63.9 Å². The molecule has 1 unspecified atom stereocenters. The molecule has 6 amide bonds. The second kappa shape index (κ2) is 25.4. The predicted molar refractivity (Wildman–Crippen MR) is 294 cm³/mol. The van der Waals surface area contributed by atoms with Crippen LogP contribution >= 0.6 is 11.6 Å². The minimum absolute atomic E-state index is 0.0237. The molecule has 0 aromatic heterocycles. The van der Waals surface area contributed by atoms with E-state index in [1.807, 2.05) is 54.8 Å². The molecule has 1 saturated carbocycles. The number of benzene rings is 4. The topological polar surface area (TPSA) is 180 Å². The van der Waals surface area contributed by atoms with Gasteiger partial charge in [0.25, 0.3) is 11.8 Å². The van der Waals surface area contributed by atoms with Crippen LogP contribution in [0.3, 0.4) is 0 Å². The minimum atomic E-state index is -1.02. The normalized spacial score (nSPS) is 20.9. The number of nitrogens with one attached hydrogen (secondary N) is 2. The zero-order valence-corrected chi connectivity index (χ0v) is 45.5. The van der Waals surface area contributed by atoms with Crippen LogP contribution in [-0.2, 0) is 39.8 Å². The molecule has 2 atom stereocenters.